The van der Waals surface area contributed by atoms with Crippen molar-refractivity contribution in [1.29, 1.82) is 0 Å². The molecule has 1 atom stereocenters. The Morgan fingerprint density at radius 2 is 1.90 bits per heavy atom. The minimum absolute atomic E-state index is 0.380. The molecule has 1 unspecified atom stereocenters. The number of nitrogens with one attached hydrogen (secondary N) is 1. The fraction of sp³-hybridized carbons (Fsp3) is 0.238. The Morgan fingerprint density at radius 1 is 1.17 bits per heavy atom. The molecule has 2 N–H and O–H groups in total. The van der Waals surface area contributed by atoms with Crippen LogP contribution in [-0.4, -0.2) is 26.7 Å². The molecule has 150 valence electrons. The van der Waals surface area contributed by atoms with E-state index in [0.29, 0.717) is 12.1 Å². The number of anilines is 1. The van der Waals surface area contributed by atoms with E-state index in [-0.39, 0.29) is 0 Å². The summed E-state index contributed by atoms with van der Waals surface area (Å²) in [5.74, 6) is -1.59. The first-order valence-electron chi connectivity index (χ1n) is 8.97. The highest BCUT2D eigenvalue weighted by atomic mass is 19.4. The third-order valence-corrected chi connectivity index (χ3v) is 5.15. The molecule has 8 heteroatoms. The summed E-state index contributed by atoms with van der Waals surface area (Å²) in [5.41, 5.74) is 1.29. The van der Waals surface area contributed by atoms with Gasteiger partial charge in [-0.15, -0.1) is 0 Å². The summed E-state index contributed by atoms with van der Waals surface area (Å²) in [6.45, 7) is 0. The monoisotopic (exact) mass is 401 g/mol. The standard InChI is InChI=1S/C21H18F3N3O2/c1-27-9-8-25-19(27)20(29,21(22,23)24)12-18(28)26-15-6-7-17-14(11-15)10-13-4-2-3-5-16(13)17/h2-9,11,29H,10,12H2,1H3,(H,26,28). The molecule has 2 aromatic carbocycles. The average molecular weight is 401 g/mol. The van der Waals surface area contributed by atoms with Crippen molar-refractivity contribution < 1.29 is 23.1 Å². The molecule has 0 saturated carbocycles. The lowest BCUT2D eigenvalue weighted by atomic mass is 9.97. The molecule has 5 nitrogen and oxygen atoms in total. The fourth-order valence-electron chi connectivity index (χ4n) is 3.73. The van der Waals surface area contributed by atoms with Gasteiger partial charge in [0.15, 0.2) is 5.82 Å². The molecule has 4 rings (SSSR count). The lowest BCUT2D eigenvalue weighted by Crippen LogP contribution is -2.46. The predicted octanol–water partition coefficient (Wildman–Crippen LogP) is 3.77. The highest BCUT2D eigenvalue weighted by molar-refractivity contribution is 5.92. The largest absolute Gasteiger partial charge is 0.425 e. The van der Waals surface area contributed by atoms with E-state index in [1.54, 1.807) is 12.1 Å². The van der Waals surface area contributed by atoms with E-state index in [9.17, 15) is 23.1 Å². The number of amides is 1. The first kappa shape index (κ1) is 19.2. The first-order valence-corrected chi connectivity index (χ1v) is 8.97. The number of aliphatic hydroxyl groups is 1. The van der Waals surface area contributed by atoms with Gasteiger partial charge in [0, 0.05) is 25.1 Å². The number of carbonyl (C=O) groups is 1. The molecule has 0 aliphatic heterocycles. The van der Waals surface area contributed by atoms with Crippen LogP contribution in [0, 0.1) is 0 Å². The Balaban J connectivity index is 1.55. The molecule has 1 heterocycles. The zero-order valence-electron chi connectivity index (χ0n) is 15.5. The number of aryl methyl sites for hydroxylation is 1. The first-order chi connectivity index (χ1) is 13.7. The number of carbonyl (C=O) groups excluding carboxylic acids is 1. The topological polar surface area (TPSA) is 67.1 Å². The third kappa shape index (κ3) is 3.29. The number of hydrogen-bond donors (Lipinski definition) is 2. The Labute approximate surface area is 164 Å². The summed E-state index contributed by atoms with van der Waals surface area (Å²) in [6, 6.07) is 13.2. The van der Waals surface area contributed by atoms with Crippen LogP contribution in [-0.2, 0) is 23.9 Å². The Kier molecular flexibility index (Phi) is 4.46. The van der Waals surface area contributed by atoms with Gasteiger partial charge in [-0.2, -0.15) is 13.2 Å². The van der Waals surface area contributed by atoms with Crippen LogP contribution in [0.15, 0.2) is 54.9 Å². The molecule has 1 aliphatic carbocycles. The zero-order chi connectivity index (χ0) is 20.8. The molecule has 3 aromatic rings. The van der Waals surface area contributed by atoms with Gasteiger partial charge in [-0.05, 0) is 40.8 Å². The number of alkyl halides is 3. The second-order valence-corrected chi connectivity index (χ2v) is 7.15. The molecule has 1 aliphatic rings. The third-order valence-electron chi connectivity index (χ3n) is 5.15. The molecule has 0 fully saturated rings. The van der Waals surface area contributed by atoms with Gasteiger partial charge in [0.2, 0.25) is 11.5 Å². The van der Waals surface area contributed by atoms with E-state index in [0.717, 1.165) is 33.0 Å². The minimum Gasteiger partial charge on any atom is -0.374 e. The summed E-state index contributed by atoms with van der Waals surface area (Å²) >= 11 is 0. The highest BCUT2D eigenvalue weighted by Gasteiger charge is 2.58. The van der Waals surface area contributed by atoms with Crippen LogP contribution < -0.4 is 5.32 Å². The van der Waals surface area contributed by atoms with Crippen LogP contribution in [0.2, 0.25) is 0 Å². The molecule has 0 bridgehead atoms. The van der Waals surface area contributed by atoms with E-state index in [1.165, 1.54) is 13.2 Å². The molecule has 0 radical (unpaired) electrons. The van der Waals surface area contributed by atoms with Gasteiger partial charge in [0.25, 0.3) is 0 Å². The number of fused-ring (bicyclic) bond motifs is 3. The average Bonchev–Trinajstić information content (AvgIpc) is 3.23. The smallest absolute Gasteiger partial charge is 0.374 e. The maximum Gasteiger partial charge on any atom is 0.425 e. The van der Waals surface area contributed by atoms with Gasteiger partial charge >= 0.3 is 6.18 Å². The van der Waals surface area contributed by atoms with Gasteiger partial charge in [0.05, 0.1) is 6.42 Å². The van der Waals surface area contributed by atoms with Gasteiger partial charge in [-0.25, -0.2) is 4.98 Å². The van der Waals surface area contributed by atoms with Crippen LogP contribution >= 0.6 is 0 Å². The normalized spacial score (nSPS) is 14.8. The van der Waals surface area contributed by atoms with Crippen molar-refractivity contribution in [2.75, 3.05) is 5.32 Å². The van der Waals surface area contributed by atoms with Gasteiger partial charge in [-0.3, -0.25) is 4.79 Å². The molecule has 0 spiro atoms. The molecule has 1 amide bonds. The van der Waals surface area contributed by atoms with Gasteiger partial charge < -0.3 is 15.0 Å². The van der Waals surface area contributed by atoms with Crippen molar-refractivity contribution in [2.24, 2.45) is 7.05 Å². The number of benzene rings is 2. The highest BCUT2D eigenvalue weighted by Crippen LogP contribution is 2.41. The van der Waals surface area contributed by atoms with Crippen molar-refractivity contribution >= 4 is 11.6 Å². The molecular weight excluding hydrogens is 383 g/mol. The van der Waals surface area contributed by atoms with E-state index >= 15 is 0 Å². The molecule has 0 saturated heterocycles. The number of hydrogen-bond acceptors (Lipinski definition) is 3. The van der Waals surface area contributed by atoms with Gasteiger partial charge in [-0.1, -0.05) is 30.3 Å². The number of rotatable bonds is 4. The number of imidazole rings is 1. The number of halogens is 3. The summed E-state index contributed by atoms with van der Waals surface area (Å²) in [5, 5.41) is 12.8. The van der Waals surface area contributed by atoms with Crippen LogP contribution in [0.4, 0.5) is 18.9 Å². The van der Waals surface area contributed by atoms with Crippen LogP contribution in [0.25, 0.3) is 11.1 Å². The minimum atomic E-state index is -5.07. The maximum absolute atomic E-state index is 13.6. The maximum atomic E-state index is 13.6. The van der Waals surface area contributed by atoms with Crippen LogP contribution in [0.5, 0.6) is 0 Å². The van der Waals surface area contributed by atoms with E-state index in [4.69, 9.17) is 0 Å². The van der Waals surface area contributed by atoms with Crippen LogP contribution in [0.1, 0.15) is 23.4 Å². The van der Waals surface area contributed by atoms with E-state index in [1.807, 2.05) is 30.3 Å². The molecular formula is C21H18F3N3O2. The van der Waals surface area contributed by atoms with E-state index in [2.05, 4.69) is 10.3 Å². The van der Waals surface area contributed by atoms with Crippen molar-refractivity contribution in [3.05, 3.63) is 71.8 Å². The van der Waals surface area contributed by atoms with Crippen molar-refractivity contribution in [1.82, 2.24) is 9.55 Å². The van der Waals surface area contributed by atoms with Crippen molar-refractivity contribution in [3.63, 3.8) is 0 Å². The number of aromatic nitrogens is 2. The fourth-order valence-corrected chi connectivity index (χ4v) is 3.73. The van der Waals surface area contributed by atoms with Crippen molar-refractivity contribution in [2.45, 2.75) is 24.6 Å². The second kappa shape index (κ2) is 6.73. The summed E-state index contributed by atoms with van der Waals surface area (Å²) in [7, 11) is 1.33. The Bertz CT molecular complexity index is 1090. The Hall–Kier alpha value is -3.13. The predicted molar refractivity (Wildman–Crippen MR) is 101 cm³/mol. The SMILES string of the molecule is Cn1ccnc1C(O)(CC(=O)Nc1ccc2c(c1)Cc1ccccc1-2)C(F)(F)F. The quantitative estimate of drug-likeness (QED) is 0.547. The van der Waals surface area contributed by atoms with Crippen LogP contribution in [0.3, 0.4) is 0 Å². The van der Waals surface area contributed by atoms with Crippen molar-refractivity contribution in [3.8, 4) is 11.1 Å². The zero-order valence-corrected chi connectivity index (χ0v) is 15.5. The summed E-state index contributed by atoms with van der Waals surface area (Å²) < 4.78 is 41.8. The summed E-state index contributed by atoms with van der Waals surface area (Å²) in [6.07, 6.45) is -3.15. The lowest BCUT2D eigenvalue weighted by Gasteiger charge is -2.29. The Morgan fingerprint density at radius 3 is 2.59 bits per heavy atom. The summed E-state index contributed by atoms with van der Waals surface area (Å²) in [4.78, 5) is 16.0. The molecule has 29 heavy (non-hydrogen) atoms. The van der Waals surface area contributed by atoms with E-state index < -0.39 is 29.9 Å². The molecule has 1 aromatic heterocycles. The number of nitrogens with zero attached hydrogens (tertiary/aromatic N) is 2. The lowest BCUT2D eigenvalue weighted by molar-refractivity contribution is -0.270. The second-order valence-electron chi connectivity index (χ2n) is 7.15. The van der Waals surface area contributed by atoms with Gasteiger partial charge in [0.1, 0.15) is 0 Å².